The van der Waals surface area contributed by atoms with Gasteiger partial charge in [-0.15, -0.1) is 0 Å². The van der Waals surface area contributed by atoms with Crippen LogP contribution in [0.1, 0.15) is 29.7 Å². The Morgan fingerprint density at radius 1 is 1.36 bits per heavy atom. The molecule has 3 aromatic heterocycles. The largest absolute Gasteiger partial charge is 0.430 e. The zero-order valence-electron chi connectivity index (χ0n) is 13.8. The molecule has 7 nitrogen and oxygen atoms in total. The highest BCUT2D eigenvalue weighted by Crippen LogP contribution is 2.35. The number of furan rings is 1. The van der Waals surface area contributed by atoms with Crippen molar-refractivity contribution in [1.82, 2.24) is 19.9 Å². The van der Waals surface area contributed by atoms with Crippen molar-refractivity contribution >= 4 is 44.0 Å². The number of carbonyl (C=O) groups is 1. The lowest BCUT2D eigenvalue weighted by atomic mass is 9.89. The molecule has 0 radical (unpaired) electrons. The summed E-state index contributed by atoms with van der Waals surface area (Å²) >= 11 is 3.50. The minimum Gasteiger partial charge on any atom is -0.430 e. The zero-order chi connectivity index (χ0) is 17.6. The van der Waals surface area contributed by atoms with Crippen LogP contribution in [-0.4, -0.2) is 27.5 Å². The third-order valence-corrected chi connectivity index (χ3v) is 5.25. The summed E-state index contributed by atoms with van der Waals surface area (Å²) in [6, 6.07) is 0. The van der Waals surface area contributed by atoms with E-state index in [2.05, 4.69) is 31.2 Å². The summed E-state index contributed by atoms with van der Waals surface area (Å²) in [5.74, 6) is -0.267. The van der Waals surface area contributed by atoms with E-state index >= 15 is 0 Å². The van der Waals surface area contributed by atoms with Crippen LogP contribution in [-0.2, 0) is 29.5 Å². The van der Waals surface area contributed by atoms with Crippen molar-refractivity contribution in [3.05, 3.63) is 33.5 Å². The van der Waals surface area contributed by atoms with E-state index in [1.807, 2.05) is 0 Å². The maximum Gasteiger partial charge on any atom is 0.297 e. The molecule has 0 aliphatic heterocycles. The van der Waals surface area contributed by atoms with Crippen molar-refractivity contribution < 1.29 is 9.21 Å². The first-order valence-corrected chi connectivity index (χ1v) is 9.35. The number of hydrogen-bond acceptors (Lipinski definition) is 5. The van der Waals surface area contributed by atoms with Gasteiger partial charge in [-0.1, -0.05) is 15.9 Å². The smallest absolute Gasteiger partial charge is 0.297 e. The van der Waals surface area contributed by atoms with E-state index in [4.69, 9.17) is 4.42 Å². The number of halogens is 1. The van der Waals surface area contributed by atoms with Gasteiger partial charge in [0.15, 0.2) is 0 Å². The molecule has 0 spiro atoms. The van der Waals surface area contributed by atoms with Gasteiger partial charge in [-0.2, -0.15) is 0 Å². The van der Waals surface area contributed by atoms with Crippen molar-refractivity contribution in [2.75, 3.05) is 7.05 Å². The predicted octanol–water partition coefficient (Wildman–Crippen LogP) is 2.06. The van der Waals surface area contributed by atoms with E-state index in [1.54, 1.807) is 0 Å². The minimum atomic E-state index is -0.364. The molecule has 4 rings (SSSR count). The highest BCUT2D eigenvalue weighted by molar-refractivity contribution is 9.08. The van der Waals surface area contributed by atoms with Crippen LogP contribution < -0.4 is 10.9 Å². The van der Waals surface area contributed by atoms with Gasteiger partial charge >= 0.3 is 0 Å². The Balaban J connectivity index is 2.00. The summed E-state index contributed by atoms with van der Waals surface area (Å²) < 4.78 is 7.04. The lowest BCUT2D eigenvalue weighted by Crippen LogP contribution is -2.30. The van der Waals surface area contributed by atoms with E-state index in [0.29, 0.717) is 16.6 Å². The molecule has 0 bridgehead atoms. The maximum atomic E-state index is 12.7. The fourth-order valence-electron chi connectivity index (χ4n) is 3.49. The summed E-state index contributed by atoms with van der Waals surface area (Å²) in [4.78, 5) is 33.3. The third kappa shape index (κ3) is 2.55. The number of hydrogen-bond donors (Lipinski definition) is 1. The van der Waals surface area contributed by atoms with Gasteiger partial charge in [0, 0.05) is 12.4 Å². The number of pyridine rings is 1. The number of nitrogens with one attached hydrogen (secondary N) is 1. The Morgan fingerprint density at radius 3 is 2.84 bits per heavy atom. The molecule has 8 heteroatoms. The molecule has 130 valence electrons. The molecule has 1 N–H and O–H groups in total. The highest BCUT2D eigenvalue weighted by atomic mass is 79.9. The Kier molecular flexibility index (Phi) is 4.07. The molecule has 0 saturated carbocycles. The van der Waals surface area contributed by atoms with Crippen molar-refractivity contribution in [3.63, 3.8) is 0 Å². The Labute approximate surface area is 151 Å². The number of aryl methyl sites for hydroxylation is 1. The summed E-state index contributed by atoms with van der Waals surface area (Å²) in [6.07, 6.45) is 5.57. The number of fused-ring (bicyclic) bond motifs is 5. The molecule has 0 fully saturated rings. The lowest BCUT2D eigenvalue weighted by molar-refractivity contribution is -0.121. The molecule has 3 aromatic rings. The van der Waals surface area contributed by atoms with Gasteiger partial charge in [-0.3, -0.25) is 14.2 Å². The van der Waals surface area contributed by atoms with Crippen LogP contribution in [0, 0.1) is 0 Å². The summed E-state index contributed by atoms with van der Waals surface area (Å²) in [7, 11) is 1.53. The summed E-state index contributed by atoms with van der Waals surface area (Å²) in [5, 5.41) is 3.99. The SMILES string of the molecule is CNC(=O)Cn1cnc2c(oc3nc(CBr)c4c(c32)CCCC4)c1=O. The third-order valence-electron chi connectivity index (χ3n) is 4.72. The van der Waals surface area contributed by atoms with Crippen LogP contribution in [0.3, 0.4) is 0 Å². The molecule has 0 aromatic carbocycles. The van der Waals surface area contributed by atoms with E-state index in [1.165, 1.54) is 29.1 Å². The number of rotatable bonds is 3. The van der Waals surface area contributed by atoms with Crippen LogP contribution in [0.2, 0.25) is 0 Å². The average molecular weight is 405 g/mol. The molecule has 1 aliphatic rings. The number of likely N-dealkylation sites (N-methyl/N-ethyl adjacent to an activating group) is 1. The predicted molar refractivity (Wildman–Crippen MR) is 96.9 cm³/mol. The van der Waals surface area contributed by atoms with Crippen LogP contribution in [0.25, 0.3) is 22.2 Å². The first-order chi connectivity index (χ1) is 12.1. The van der Waals surface area contributed by atoms with Crippen LogP contribution in [0.4, 0.5) is 0 Å². The maximum absolute atomic E-state index is 12.7. The van der Waals surface area contributed by atoms with Gasteiger partial charge in [0.05, 0.1) is 17.4 Å². The molecule has 25 heavy (non-hydrogen) atoms. The second-order valence-electron chi connectivity index (χ2n) is 6.17. The molecular weight excluding hydrogens is 388 g/mol. The van der Waals surface area contributed by atoms with Crippen molar-refractivity contribution in [3.8, 4) is 0 Å². The standard InChI is InChI=1S/C17H17BrN4O3/c1-19-12(23)7-22-8-20-14-13-10-5-3-2-4-9(10)11(6-18)21-16(13)25-15(14)17(22)24/h8H,2-7H2,1H3,(H,19,23). The van der Waals surface area contributed by atoms with Gasteiger partial charge in [0.1, 0.15) is 12.1 Å². The number of nitrogens with zero attached hydrogens (tertiary/aromatic N) is 3. The van der Waals surface area contributed by atoms with E-state index in [0.717, 1.165) is 36.8 Å². The average Bonchev–Trinajstić information content (AvgIpc) is 3.02. The first-order valence-electron chi connectivity index (χ1n) is 8.23. The second kappa shape index (κ2) is 6.25. The molecule has 0 atom stereocenters. The molecule has 1 amide bonds. The van der Waals surface area contributed by atoms with Crippen molar-refractivity contribution in [2.24, 2.45) is 0 Å². The van der Waals surface area contributed by atoms with Gasteiger partial charge < -0.3 is 9.73 Å². The fourth-order valence-corrected chi connectivity index (χ4v) is 3.95. The Bertz CT molecular complexity index is 1050. The van der Waals surface area contributed by atoms with Crippen LogP contribution in [0.15, 0.2) is 15.5 Å². The quantitative estimate of drug-likeness (QED) is 0.674. The highest BCUT2D eigenvalue weighted by Gasteiger charge is 2.24. The molecule has 0 unspecified atom stereocenters. The Morgan fingerprint density at radius 2 is 2.12 bits per heavy atom. The number of amides is 1. The molecule has 0 saturated heterocycles. The van der Waals surface area contributed by atoms with Gasteiger partial charge in [-0.25, -0.2) is 9.97 Å². The van der Waals surface area contributed by atoms with Crippen LogP contribution in [0.5, 0.6) is 0 Å². The number of carbonyl (C=O) groups excluding carboxylic acids is 1. The minimum absolute atomic E-state index is 0.0898. The van der Waals surface area contributed by atoms with E-state index in [9.17, 15) is 9.59 Å². The second-order valence-corrected chi connectivity index (χ2v) is 6.73. The van der Waals surface area contributed by atoms with Crippen LogP contribution >= 0.6 is 15.9 Å². The Hall–Kier alpha value is -2.22. The van der Waals surface area contributed by atoms with Crippen molar-refractivity contribution in [2.45, 2.75) is 37.6 Å². The normalized spacial score (nSPS) is 14.0. The monoisotopic (exact) mass is 404 g/mol. The molecule has 3 heterocycles. The summed E-state index contributed by atoms with van der Waals surface area (Å²) in [5.41, 5.74) is 4.19. The van der Waals surface area contributed by atoms with E-state index < -0.39 is 0 Å². The van der Waals surface area contributed by atoms with Crippen molar-refractivity contribution in [1.29, 1.82) is 0 Å². The lowest BCUT2D eigenvalue weighted by Gasteiger charge is -2.18. The zero-order valence-corrected chi connectivity index (χ0v) is 15.4. The number of aromatic nitrogens is 3. The molecular formula is C17H17BrN4O3. The van der Waals surface area contributed by atoms with Gasteiger partial charge in [-0.05, 0) is 36.8 Å². The summed E-state index contributed by atoms with van der Waals surface area (Å²) in [6.45, 7) is -0.0898. The van der Waals surface area contributed by atoms with Gasteiger partial charge in [0.2, 0.25) is 17.2 Å². The number of alkyl halides is 1. The van der Waals surface area contributed by atoms with Gasteiger partial charge in [0.25, 0.3) is 5.56 Å². The first kappa shape index (κ1) is 16.3. The topological polar surface area (TPSA) is 90.0 Å². The van der Waals surface area contributed by atoms with E-state index in [-0.39, 0.29) is 23.6 Å². The fraction of sp³-hybridized carbons (Fsp3) is 0.412. The molecule has 1 aliphatic carbocycles.